The Morgan fingerprint density at radius 2 is 2.33 bits per heavy atom. The topological polar surface area (TPSA) is 53.1 Å². The van der Waals surface area contributed by atoms with Crippen molar-refractivity contribution in [2.75, 3.05) is 36.9 Å². The minimum absolute atomic E-state index is 0.588. The smallest absolute Gasteiger partial charge is 0.150 e. The molecular formula is C13H23N5. The van der Waals surface area contributed by atoms with E-state index in [9.17, 15) is 0 Å². The molecule has 0 amide bonds. The second kappa shape index (κ2) is 6.00. The van der Waals surface area contributed by atoms with Gasteiger partial charge in [0.05, 0.1) is 11.9 Å². The average molecular weight is 249 g/mol. The Kier molecular flexibility index (Phi) is 4.36. The van der Waals surface area contributed by atoms with Crippen LogP contribution in [0.2, 0.25) is 0 Å². The van der Waals surface area contributed by atoms with Gasteiger partial charge in [0.25, 0.3) is 0 Å². The Morgan fingerprint density at radius 3 is 3.00 bits per heavy atom. The van der Waals surface area contributed by atoms with Gasteiger partial charge in [0.15, 0.2) is 5.82 Å². The first-order valence-corrected chi connectivity index (χ1v) is 6.68. The highest BCUT2D eigenvalue weighted by Gasteiger charge is 2.21. The Bertz CT molecular complexity index is 379. The zero-order valence-electron chi connectivity index (χ0n) is 11.5. The van der Waals surface area contributed by atoms with Crippen LogP contribution in [-0.2, 0) is 0 Å². The normalized spacial score (nSPS) is 19.6. The maximum Gasteiger partial charge on any atom is 0.150 e. The number of hydrogen-bond acceptors (Lipinski definition) is 5. The van der Waals surface area contributed by atoms with E-state index in [0.717, 1.165) is 31.1 Å². The first kappa shape index (κ1) is 13.1. The highest BCUT2D eigenvalue weighted by atomic mass is 15.2. The number of aromatic nitrogens is 2. The molecule has 0 spiro atoms. The van der Waals surface area contributed by atoms with Crippen molar-refractivity contribution in [1.82, 2.24) is 15.5 Å². The van der Waals surface area contributed by atoms with Gasteiger partial charge in [-0.25, -0.2) is 0 Å². The molecule has 1 saturated heterocycles. The number of likely N-dealkylation sites (N-methyl/N-ethyl adjacent to an activating group) is 1. The van der Waals surface area contributed by atoms with Crippen LogP contribution in [0.4, 0.5) is 11.5 Å². The van der Waals surface area contributed by atoms with Crippen molar-refractivity contribution in [1.29, 1.82) is 0 Å². The van der Waals surface area contributed by atoms with E-state index in [0.29, 0.717) is 12.0 Å². The van der Waals surface area contributed by atoms with E-state index in [4.69, 9.17) is 0 Å². The zero-order valence-corrected chi connectivity index (χ0v) is 11.5. The summed E-state index contributed by atoms with van der Waals surface area (Å²) in [5, 5.41) is 14.8. The first-order valence-electron chi connectivity index (χ1n) is 6.68. The second-order valence-corrected chi connectivity index (χ2v) is 5.29. The van der Waals surface area contributed by atoms with Crippen LogP contribution < -0.4 is 15.5 Å². The molecule has 0 radical (unpaired) electrons. The SMILES string of the molecule is CN[C@@H]1CCN(c2cnnc(NCC(C)C)c2)C1. The van der Waals surface area contributed by atoms with Crippen molar-refractivity contribution in [3.63, 3.8) is 0 Å². The summed E-state index contributed by atoms with van der Waals surface area (Å²) in [5.41, 5.74) is 1.16. The lowest BCUT2D eigenvalue weighted by atomic mass is 10.2. The minimum Gasteiger partial charge on any atom is -0.369 e. The van der Waals surface area contributed by atoms with Crippen molar-refractivity contribution >= 4 is 11.5 Å². The lowest BCUT2D eigenvalue weighted by Crippen LogP contribution is -2.29. The van der Waals surface area contributed by atoms with Crippen LogP contribution in [0, 0.1) is 5.92 Å². The molecule has 100 valence electrons. The number of nitrogens with one attached hydrogen (secondary N) is 2. The number of nitrogens with zero attached hydrogens (tertiary/aromatic N) is 3. The molecule has 1 aromatic heterocycles. The Hall–Kier alpha value is -1.36. The largest absolute Gasteiger partial charge is 0.369 e. The van der Waals surface area contributed by atoms with E-state index >= 15 is 0 Å². The van der Waals surface area contributed by atoms with Gasteiger partial charge in [-0.3, -0.25) is 0 Å². The summed E-state index contributed by atoms with van der Waals surface area (Å²) in [5.74, 6) is 1.48. The molecule has 1 aliphatic rings. The van der Waals surface area contributed by atoms with Crippen LogP contribution in [0.15, 0.2) is 12.3 Å². The molecule has 0 aromatic carbocycles. The molecule has 0 unspecified atom stereocenters. The summed E-state index contributed by atoms with van der Waals surface area (Å²) < 4.78 is 0. The molecule has 1 aromatic rings. The number of hydrogen-bond donors (Lipinski definition) is 2. The average Bonchev–Trinajstić information content (AvgIpc) is 2.85. The first-order chi connectivity index (χ1) is 8.69. The maximum absolute atomic E-state index is 4.12. The van der Waals surface area contributed by atoms with Crippen LogP contribution in [0.3, 0.4) is 0 Å². The van der Waals surface area contributed by atoms with Gasteiger partial charge >= 0.3 is 0 Å². The van der Waals surface area contributed by atoms with Gasteiger partial charge in [0.2, 0.25) is 0 Å². The molecule has 0 aliphatic carbocycles. The Labute approximate surface area is 109 Å². The van der Waals surface area contributed by atoms with Gasteiger partial charge in [0.1, 0.15) is 0 Å². The third kappa shape index (κ3) is 3.32. The van der Waals surface area contributed by atoms with E-state index in [2.05, 4.69) is 45.6 Å². The van der Waals surface area contributed by atoms with E-state index in [1.54, 1.807) is 0 Å². The zero-order chi connectivity index (χ0) is 13.0. The molecule has 1 aliphatic heterocycles. The van der Waals surface area contributed by atoms with Crippen LogP contribution in [-0.4, -0.2) is 42.9 Å². The molecule has 1 fully saturated rings. The molecule has 2 rings (SSSR count). The van der Waals surface area contributed by atoms with Gasteiger partial charge in [0, 0.05) is 31.7 Å². The predicted molar refractivity (Wildman–Crippen MR) is 75.0 cm³/mol. The van der Waals surface area contributed by atoms with Crippen molar-refractivity contribution in [2.45, 2.75) is 26.3 Å². The lowest BCUT2D eigenvalue weighted by molar-refractivity contribution is 0.617. The Balaban J connectivity index is 1.99. The molecule has 1 atom stereocenters. The summed E-state index contributed by atoms with van der Waals surface area (Å²) in [6.07, 6.45) is 3.03. The van der Waals surface area contributed by atoms with Gasteiger partial charge in [-0.2, -0.15) is 5.10 Å². The molecule has 5 nitrogen and oxygen atoms in total. The van der Waals surface area contributed by atoms with Gasteiger partial charge in [-0.1, -0.05) is 13.8 Å². The van der Waals surface area contributed by atoms with Gasteiger partial charge in [-0.05, 0) is 19.4 Å². The van der Waals surface area contributed by atoms with E-state index in [1.807, 2.05) is 13.2 Å². The van der Waals surface area contributed by atoms with Crippen molar-refractivity contribution in [2.24, 2.45) is 5.92 Å². The van der Waals surface area contributed by atoms with Crippen LogP contribution in [0.1, 0.15) is 20.3 Å². The quantitative estimate of drug-likeness (QED) is 0.825. The number of rotatable bonds is 5. The fraction of sp³-hybridized carbons (Fsp3) is 0.692. The molecule has 2 heterocycles. The molecular weight excluding hydrogens is 226 g/mol. The third-order valence-electron chi connectivity index (χ3n) is 3.29. The fourth-order valence-corrected chi connectivity index (χ4v) is 2.15. The van der Waals surface area contributed by atoms with Crippen LogP contribution in [0.25, 0.3) is 0 Å². The van der Waals surface area contributed by atoms with Gasteiger partial charge in [-0.15, -0.1) is 5.10 Å². The predicted octanol–water partition coefficient (Wildman–Crippen LogP) is 1.34. The summed E-state index contributed by atoms with van der Waals surface area (Å²) >= 11 is 0. The molecule has 0 bridgehead atoms. The van der Waals surface area contributed by atoms with Crippen LogP contribution in [0.5, 0.6) is 0 Å². The second-order valence-electron chi connectivity index (χ2n) is 5.29. The third-order valence-corrected chi connectivity index (χ3v) is 3.29. The lowest BCUT2D eigenvalue weighted by Gasteiger charge is -2.18. The fourth-order valence-electron chi connectivity index (χ4n) is 2.15. The molecule has 5 heteroatoms. The maximum atomic E-state index is 4.12. The molecule has 0 saturated carbocycles. The highest BCUT2D eigenvalue weighted by molar-refractivity contribution is 5.52. The van der Waals surface area contributed by atoms with Crippen molar-refractivity contribution in [3.8, 4) is 0 Å². The highest BCUT2D eigenvalue weighted by Crippen LogP contribution is 2.21. The summed E-state index contributed by atoms with van der Waals surface area (Å²) in [6, 6.07) is 2.68. The monoisotopic (exact) mass is 249 g/mol. The van der Waals surface area contributed by atoms with E-state index in [1.165, 1.54) is 6.42 Å². The summed E-state index contributed by atoms with van der Waals surface area (Å²) in [6.45, 7) is 7.43. The Morgan fingerprint density at radius 1 is 1.50 bits per heavy atom. The minimum atomic E-state index is 0.588. The molecule has 2 N–H and O–H groups in total. The van der Waals surface area contributed by atoms with E-state index < -0.39 is 0 Å². The summed E-state index contributed by atoms with van der Waals surface area (Å²) in [7, 11) is 2.02. The van der Waals surface area contributed by atoms with Crippen molar-refractivity contribution in [3.05, 3.63) is 12.3 Å². The van der Waals surface area contributed by atoms with Crippen LogP contribution >= 0.6 is 0 Å². The van der Waals surface area contributed by atoms with E-state index in [-0.39, 0.29) is 0 Å². The summed E-state index contributed by atoms with van der Waals surface area (Å²) in [4.78, 5) is 2.36. The standard InChI is InChI=1S/C13H23N5/c1-10(2)7-15-13-6-12(8-16-17-13)18-5-4-11(9-18)14-3/h6,8,10-11,14H,4-5,7,9H2,1-3H3,(H,15,17)/t11-/m1/s1. The number of anilines is 2. The van der Waals surface area contributed by atoms with Crippen molar-refractivity contribution < 1.29 is 0 Å². The molecule has 18 heavy (non-hydrogen) atoms. The van der Waals surface area contributed by atoms with Gasteiger partial charge < -0.3 is 15.5 Å².